The predicted molar refractivity (Wildman–Crippen MR) is 95.7 cm³/mol. The van der Waals surface area contributed by atoms with Gasteiger partial charge in [0.15, 0.2) is 0 Å². The van der Waals surface area contributed by atoms with Gasteiger partial charge < -0.3 is 10.2 Å². The van der Waals surface area contributed by atoms with Gasteiger partial charge in [-0.05, 0) is 49.9 Å². The van der Waals surface area contributed by atoms with E-state index in [1.807, 2.05) is 11.8 Å². The van der Waals surface area contributed by atoms with Crippen LogP contribution in [0.4, 0.5) is 4.39 Å². The largest absolute Gasteiger partial charge is 0.336 e. The zero-order valence-electron chi connectivity index (χ0n) is 15.0. The number of hydrogen-bond acceptors (Lipinski definition) is 4. The van der Waals surface area contributed by atoms with E-state index in [1.165, 1.54) is 10.7 Å². The van der Waals surface area contributed by atoms with E-state index >= 15 is 0 Å². The van der Waals surface area contributed by atoms with E-state index in [1.54, 1.807) is 18.2 Å². The van der Waals surface area contributed by atoms with Gasteiger partial charge in [0.2, 0.25) is 5.82 Å². The molecular weight excluding hydrogens is 333 g/mol. The lowest BCUT2D eigenvalue weighted by molar-refractivity contribution is 0.0746. The lowest BCUT2D eigenvalue weighted by Crippen LogP contribution is -2.33. The number of nitrogens with one attached hydrogen (secondary N) is 1. The van der Waals surface area contributed by atoms with Crippen LogP contribution in [-0.2, 0) is 6.42 Å². The Morgan fingerprint density at radius 1 is 1.23 bits per heavy atom. The highest BCUT2D eigenvalue weighted by Gasteiger charge is 2.32. The quantitative estimate of drug-likeness (QED) is 0.913. The van der Waals surface area contributed by atoms with Crippen LogP contribution in [0.15, 0.2) is 24.3 Å². The molecule has 0 radical (unpaired) electrons. The number of carbonyl (C=O) groups is 1. The summed E-state index contributed by atoms with van der Waals surface area (Å²) in [5.41, 5.74) is 0.326. The second-order valence-electron chi connectivity index (χ2n) is 7.12. The normalized spacial score (nSPS) is 22.9. The number of halogens is 1. The summed E-state index contributed by atoms with van der Waals surface area (Å²) in [4.78, 5) is 19.2. The minimum Gasteiger partial charge on any atom is -0.336 e. The average Bonchev–Trinajstić information content (AvgIpc) is 3.24. The van der Waals surface area contributed by atoms with Gasteiger partial charge in [-0.2, -0.15) is 0 Å². The minimum atomic E-state index is -0.374. The molecule has 26 heavy (non-hydrogen) atoms. The number of para-hydroxylation sites is 1. The third-order valence-corrected chi connectivity index (χ3v) is 5.57. The Morgan fingerprint density at radius 3 is 2.58 bits per heavy atom. The highest BCUT2D eigenvalue weighted by Crippen LogP contribution is 2.27. The van der Waals surface area contributed by atoms with Gasteiger partial charge in [-0.3, -0.25) is 4.79 Å². The van der Waals surface area contributed by atoms with Gasteiger partial charge in [-0.1, -0.05) is 19.1 Å². The molecule has 0 unspecified atom stereocenters. The summed E-state index contributed by atoms with van der Waals surface area (Å²) in [6.45, 7) is 5.49. The highest BCUT2D eigenvalue weighted by molar-refractivity contribution is 5.90. The molecule has 2 atom stereocenters. The van der Waals surface area contributed by atoms with E-state index in [0.717, 1.165) is 39.0 Å². The SMILES string of the molecule is CCc1nc(C(=O)N2CC[C@@H]3CNC[C@@H]3CC2)nn1-c1ccccc1F. The summed E-state index contributed by atoms with van der Waals surface area (Å²) >= 11 is 0. The van der Waals surface area contributed by atoms with E-state index in [-0.39, 0.29) is 17.5 Å². The average molecular weight is 357 g/mol. The van der Waals surface area contributed by atoms with Crippen LogP contribution in [0, 0.1) is 17.7 Å². The van der Waals surface area contributed by atoms with Crippen LogP contribution in [0.25, 0.3) is 5.69 Å². The summed E-state index contributed by atoms with van der Waals surface area (Å²) in [5.74, 6) is 1.54. The van der Waals surface area contributed by atoms with Crippen LogP contribution >= 0.6 is 0 Å². The van der Waals surface area contributed by atoms with Crippen LogP contribution in [-0.4, -0.2) is 51.8 Å². The van der Waals surface area contributed by atoms with Gasteiger partial charge >= 0.3 is 0 Å². The van der Waals surface area contributed by atoms with E-state index in [2.05, 4.69) is 15.4 Å². The molecule has 2 saturated heterocycles. The Bertz CT molecular complexity index is 791. The molecule has 7 heteroatoms. The smallest absolute Gasteiger partial charge is 0.293 e. The van der Waals surface area contributed by atoms with Crippen molar-refractivity contribution >= 4 is 5.91 Å². The molecule has 2 aliphatic heterocycles. The first-order valence-electron chi connectivity index (χ1n) is 9.38. The monoisotopic (exact) mass is 357 g/mol. The summed E-state index contributed by atoms with van der Waals surface area (Å²) in [6.07, 6.45) is 2.60. The first kappa shape index (κ1) is 17.1. The Balaban J connectivity index is 1.58. The first-order chi connectivity index (χ1) is 12.7. The van der Waals surface area contributed by atoms with Crippen LogP contribution in [0.2, 0.25) is 0 Å². The molecular formula is C19H24FN5O. The number of hydrogen-bond donors (Lipinski definition) is 1. The number of nitrogens with zero attached hydrogens (tertiary/aromatic N) is 4. The number of amides is 1. The zero-order valence-corrected chi connectivity index (χ0v) is 15.0. The Labute approximate surface area is 152 Å². The molecule has 1 N–H and O–H groups in total. The van der Waals surface area contributed by atoms with Crippen LogP contribution in [0.1, 0.15) is 36.2 Å². The van der Waals surface area contributed by atoms with E-state index in [4.69, 9.17) is 0 Å². The summed E-state index contributed by atoms with van der Waals surface area (Å²) in [7, 11) is 0. The highest BCUT2D eigenvalue weighted by atomic mass is 19.1. The number of benzene rings is 1. The lowest BCUT2D eigenvalue weighted by atomic mass is 9.92. The van der Waals surface area contributed by atoms with Gasteiger partial charge in [0.1, 0.15) is 17.3 Å². The second kappa shape index (κ2) is 7.15. The molecule has 0 bridgehead atoms. The van der Waals surface area contributed by atoms with Gasteiger partial charge in [0, 0.05) is 19.5 Å². The molecule has 2 aliphatic rings. The topological polar surface area (TPSA) is 63.1 Å². The number of fused-ring (bicyclic) bond motifs is 1. The Kier molecular flexibility index (Phi) is 4.72. The van der Waals surface area contributed by atoms with Crippen LogP contribution in [0.3, 0.4) is 0 Å². The molecule has 0 aliphatic carbocycles. The Hall–Kier alpha value is -2.28. The zero-order chi connectivity index (χ0) is 18.1. The van der Waals surface area contributed by atoms with Crippen molar-refractivity contribution in [1.29, 1.82) is 0 Å². The van der Waals surface area contributed by atoms with Crippen molar-refractivity contribution < 1.29 is 9.18 Å². The molecule has 0 saturated carbocycles. The second-order valence-corrected chi connectivity index (χ2v) is 7.12. The summed E-state index contributed by atoms with van der Waals surface area (Å²) in [5, 5.41) is 7.79. The fraction of sp³-hybridized carbons (Fsp3) is 0.526. The third-order valence-electron chi connectivity index (χ3n) is 5.57. The van der Waals surface area contributed by atoms with Gasteiger partial charge in [0.05, 0.1) is 0 Å². The van der Waals surface area contributed by atoms with Crippen molar-refractivity contribution in [2.45, 2.75) is 26.2 Å². The summed E-state index contributed by atoms with van der Waals surface area (Å²) < 4.78 is 15.6. The van der Waals surface area contributed by atoms with Crippen molar-refractivity contribution in [3.05, 3.63) is 41.7 Å². The van der Waals surface area contributed by atoms with Crippen molar-refractivity contribution in [3.63, 3.8) is 0 Å². The molecule has 1 aromatic heterocycles. The number of carbonyl (C=O) groups excluding carboxylic acids is 1. The minimum absolute atomic E-state index is 0.150. The number of rotatable bonds is 3. The Morgan fingerprint density at radius 2 is 1.92 bits per heavy atom. The van der Waals surface area contributed by atoms with E-state index in [0.29, 0.717) is 29.8 Å². The molecule has 138 valence electrons. The van der Waals surface area contributed by atoms with Crippen molar-refractivity contribution in [2.75, 3.05) is 26.2 Å². The number of aryl methyl sites for hydroxylation is 1. The molecule has 1 aromatic carbocycles. The maximum Gasteiger partial charge on any atom is 0.293 e. The molecule has 4 rings (SSSR count). The maximum absolute atomic E-state index is 14.2. The third kappa shape index (κ3) is 3.11. The van der Waals surface area contributed by atoms with E-state index in [9.17, 15) is 9.18 Å². The van der Waals surface area contributed by atoms with Crippen molar-refractivity contribution in [3.8, 4) is 5.69 Å². The van der Waals surface area contributed by atoms with Gasteiger partial charge in [-0.15, -0.1) is 5.10 Å². The fourth-order valence-electron chi connectivity index (χ4n) is 4.04. The molecule has 6 nitrogen and oxygen atoms in total. The fourth-order valence-corrected chi connectivity index (χ4v) is 4.04. The molecule has 0 spiro atoms. The standard InChI is InChI=1S/C19H24FN5O/c1-2-17-22-18(23-25(17)16-6-4-3-5-15(16)20)19(26)24-9-7-13-11-21-12-14(13)8-10-24/h3-6,13-14,21H,2,7-12H2,1H3/t13-,14+. The van der Waals surface area contributed by atoms with Crippen molar-refractivity contribution in [2.24, 2.45) is 11.8 Å². The molecule has 3 heterocycles. The first-order valence-corrected chi connectivity index (χ1v) is 9.38. The molecule has 2 aromatic rings. The summed E-state index contributed by atoms with van der Waals surface area (Å²) in [6, 6.07) is 6.43. The maximum atomic E-state index is 14.2. The number of likely N-dealkylation sites (tertiary alicyclic amines) is 1. The lowest BCUT2D eigenvalue weighted by Gasteiger charge is -2.19. The van der Waals surface area contributed by atoms with Crippen molar-refractivity contribution in [1.82, 2.24) is 25.0 Å². The molecule has 2 fully saturated rings. The molecule has 1 amide bonds. The predicted octanol–water partition coefficient (Wildman–Crippen LogP) is 2.04. The van der Waals surface area contributed by atoms with Gasteiger partial charge in [-0.25, -0.2) is 14.1 Å². The van der Waals surface area contributed by atoms with Crippen LogP contribution in [0.5, 0.6) is 0 Å². The number of aromatic nitrogens is 3. The van der Waals surface area contributed by atoms with Gasteiger partial charge in [0.25, 0.3) is 5.91 Å². The van der Waals surface area contributed by atoms with Crippen LogP contribution < -0.4 is 5.32 Å². The van der Waals surface area contributed by atoms with E-state index < -0.39 is 0 Å².